The van der Waals surface area contributed by atoms with Gasteiger partial charge < -0.3 is 5.32 Å². The van der Waals surface area contributed by atoms with Gasteiger partial charge in [-0.1, -0.05) is 0 Å². The first kappa shape index (κ1) is 14.0. The van der Waals surface area contributed by atoms with Crippen molar-refractivity contribution >= 4 is 5.91 Å². The second kappa shape index (κ2) is 5.73. The molecule has 1 N–H and O–H groups in total. The lowest BCUT2D eigenvalue weighted by Crippen LogP contribution is -2.27. The molecule has 2 aromatic rings. The van der Waals surface area contributed by atoms with Gasteiger partial charge in [-0.25, -0.2) is 18.7 Å². The molecule has 0 bridgehead atoms. The smallest absolute Gasteiger partial charge is 0.255 e. The predicted octanol–water partition coefficient (Wildman–Crippen LogP) is 2.55. The monoisotopic (exact) mass is 277 g/mol. The molecule has 4 nitrogen and oxygen atoms in total. The van der Waals surface area contributed by atoms with E-state index in [4.69, 9.17) is 0 Å². The van der Waals surface area contributed by atoms with E-state index in [2.05, 4.69) is 15.3 Å². The Labute approximate surface area is 114 Å². The Kier molecular flexibility index (Phi) is 4.02. The van der Waals surface area contributed by atoms with Crippen LogP contribution >= 0.6 is 0 Å². The molecule has 1 atom stereocenters. The summed E-state index contributed by atoms with van der Waals surface area (Å²) >= 11 is 0. The van der Waals surface area contributed by atoms with E-state index in [-0.39, 0.29) is 5.91 Å². The molecule has 0 radical (unpaired) electrons. The van der Waals surface area contributed by atoms with Crippen molar-refractivity contribution < 1.29 is 13.6 Å². The number of rotatable bonds is 3. The number of aromatic nitrogens is 2. The lowest BCUT2D eigenvalue weighted by atomic mass is 10.1. The van der Waals surface area contributed by atoms with E-state index >= 15 is 0 Å². The van der Waals surface area contributed by atoms with Gasteiger partial charge in [-0.15, -0.1) is 0 Å². The number of halogens is 2. The molecule has 0 saturated heterocycles. The first-order valence-electron chi connectivity index (χ1n) is 6.01. The van der Waals surface area contributed by atoms with Gasteiger partial charge in [0.1, 0.15) is 18.0 Å². The molecule has 1 aromatic heterocycles. The standard InChI is InChI=1S/C14H13F2N3O/c1-8(10-3-11(15)5-12(16)4-10)19-14(20)13-6-17-7-18-9(13)2/h3-8H,1-2H3,(H,19,20). The highest BCUT2D eigenvalue weighted by Crippen LogP contribution is 2.16. The summed E-state index contributed by atoms with van der Waals surface area (Å²) in [6, 6.07) is 2.62. The summed E-state index contributed by atoms with van der Waals surface area (Å²) in [7, 11) is 0. The van der Waals surface area contributed by atoms with Crippen LogP contribution in [0.5, 0.6) is 0 Å². The van der Waals surface area contributed by atoms with Crippen LogP contribution in [0.2, 0.25) is 0 Å². The van der Waals surface area contributed by atoms with Crippen LogP contribution in [0.15, 0.2) is 30.7 Å². The number of aryl methyl sites for hydroxylation is 1. The minimum Gasteiger partial charge on any atom is -0.345 e. The fourth-order valence-electron chi connectivity index (χ4n) is 1.80. The summed E-state index contributed by atoms with van der Waals surface area (Å²) in [5.41, 5.74) is 1.22. The van der Waals surface area contributed by atoms with Crippen LogP contribution in [0.1, 0.15) is 34.6 Å². The van der Waals surface area contributed by atoms with Crippen molar-refractivity contribution in [3.8, 4) is 0 Å². The molecule has 1 aromatic carbocycles. The maximum Gasteiger partial charge on any atom is 0.255 e. The second-order valence-corrected chi connectivity index (χ2v) is 4.42. The third kappa shape index (κ3) is 3.14. The van der Waals surface area contributed by atoms with Gasteiger partial charge in [-0.2, -0.15) is 0 Å². The molecule has 20 heavy (non-hydrogen) atoms. The van der Waals surface area contributed by atoms with Gasteiger partial charge in [-0.3, -0.25) is 4.79 Å². The summed E-state index contributed by atoms with van der Waals surface area (Å²) in [6.07, 6.45) is 2.74. The third-order valence-corrected chi connectivity index (χ3v) is 2.89. The number of carbonyl (C=O) groups excluding carboxylic acids is 1. The van der Waals surface area contributed by atoms with Crippen molar-refractivity contribution in [2.75, 3.05) is 0 Å². The van der Waals surface area contributed by atoms with Gasteiger partial charge in [0.2, 0.25) is 0 Å². The predicted molar refractivity (Wildman–Crippen MR) is 69.0 cm³/mol. The van der Waals surface area contributed by atoms with Gasteiger partial charge in [-0.05, 0) is 31.5 Å². The zero-order valence-electron chi connectivity index (χ0n) is 11.0. The zero-order valence-corrected chi connectivity index (χ0v) is 11.0. The SMILES string of the molecule is Cc1ncncc1C(=O)NC(C)c1cc(F)cc(F)c1. The summed E-state index contributed by atoms with van der Waals surface area (Å²) < 4.78 is 26.3. The molecule has 104 valence electrons. The van der Waals surface area contributed by atoms with Gasteiger partial charge in [0.15, 0.2) is 0 Å². The van der Waals surface area contributed by atoms with Crippen LogP contribution in [-0.2, 0) is 0 Å². The molecule has 0 spiro atoms. The van der Waals surface area contributed by atoms with E-state index in [1.54, 1.807) is 13.8 Å². The van der Waals surface area contributed by atoms with Crippen LogP contribution in [0.25, 0.3) is 0 Å². The summed E-state index contributed by atoms with van der Waals surface area (Å²) in [4.78, 5) is 19.7. The molecule has 1 amide bonds. The molecule has 2 rings (SSSR count). The Morgan fingerprint density at radius 2 is 1.90 bits per heavy atom. The van der Waals surface area contributed by atoms with Crippen molar-refractivity contribution in [1.82, 2.24) is 15.3 Å². The molecule has 1 unspecified atom stereocenters. The van der Waals surface area contributed by atoms with E-state index in [0.29, 0.717) is 16.8 Å². The van der Waals surface area contributed by atoms with Crippen LogP contribution in [0.4, 0.5) is 8.78 Å². The van der Waals surface area contributed by atoms with Crippen molar-refractivity contribution in [3.05, 3.63) is 59.2 Å². The van der Waals surface area contributed by atoms with Gasteiger partial charge in [0, 0.05) is 12.3 Å². The highest BCUT2D eigenvalue weighted by molar-refractivity contribution is 5.95. The summed E-state index contributed by atoms with van der Waals surface area (Å²) in [5.74, 6) is -1.75. The number of amides is 1. The molecule has 0 saturated carbocycles. The topological polar surface area (TPSA) is 54.9 Å². The van der Waals surface area contributed by atoms with Crippen LogP contribution in [0.3, 0.4) is 0 Å². The number of nitrogens with one attached hydrogen (secondary N) is 1. The number of hydrogen-bond donors (Lipinski definition) is 1. The molecule has 0 aliphatic carbocycles. The summed E-state index contributed by atoms with van der Waals surface area (Å²) in [5, 5.41) is 2.66. The number of benzene rings is 1. The molecule has 1 heterocycles. The van der Waals surface area contributed by atoms with Gasteiger partial charge in [0.05, 0.1) is 17.3 Å². The van der Waals surface area contributed by atoms with E-state index in [9.17, 15) is 13.6 Å². The Morgan fingerprint density at radius 3 is 2.50 bits per heavy atom. The number of hydrogen-bond acceptors (Lipinski definition) is 3. The maximum absolute atomic E-state index is 13.1. The first-order valence-corrected chi connectivity index (χ1v) is 6.01. The molecule has 0 aliphatic heterocycles. The van der Waals surface area contributed by atoms with Crippen LogP contribution < -0.4 is 5.32 Å². The Balaban J connectivity index is 2.17. The van der Waals surface area contributed by atoms with Crippen molar-refractivity contribution in [2.45, 2.75) is 19.9 Å². The Bertz CT molecular complexity index is 626. The summed E-state index contributed by atoms with van der Waals surface area (Å²) in [6.45, 7) is 3.33. The van der Waals surface area contributed by atoms with E-state index in [1.807, 2.05) is 0 Å². The molecular weight excluding hydrogens is 264 g/mol. The Hall–Kier alpha value is -2.37. The van der Waals surface area contributed by atoms with Gasteiger partial charge >= 0.3 is 0 Å². The van der Waals surface area contributed by atoms with Crippen LogP contribution in [-0.4, -0.2) is 15.9 Å². The minimum atomic E-state index is -0.680. The Morgan fingerprint density at radius 1 is 1.25 bits per heavy atom. The quantitative estimate of drug-likeness (QED) is 0.938. The third-order valence-electron chi connectivity index (χ3n) is 2.89. The normalized spacial score (nSPS) is 12.0. The zero-order chi connectivity index (χ0) is 14.7. The molecule has 0 fully saturated rings. The second-order valence-electron chi connectivity index (χ2n) is 4.42. The van der Waals surface area contributed by atoms with Crippen molar-refractivity contribution in [1.29, 1.82) is 0 Å². The molecule has 0 aliphatic rings. The van der Waals surface area contributed by atoms with Gasteiger partial charge in [0.25, 0.3) is 5.91 Å². The maximum atomic E-state index is 13.1. The first-order chi connectivity index (χ1) is 9.47. The highest BCUT2D eigenvalue weighted by Gasteiger charge is 2.15. The van der Waals surface area contributed by atoms with Crippen molar-refractivity contribution in [3.63, 3.8) is 0 Å². The highest BCUT2D eigenvalue weighted by atomic mass is 19.1. The average molecular weight is 277 g/mol. The number of nitrogens with zero attached hydrogens (tertiary/aromatic N) is 2. The number of carbonyl (C=O) groups is 1. The average Bonchev–Trinajstić information content (AvgIpc) is 2.37. The lowest BCUT2D eigenvalue weighted by molar-refractivity contribution is 0.0938. The van der Waals surface area contributed by atoms with E-state index in [0.717, 1.165) is 6.07 Å². The van der Waals surface area contributed by atoms with E-state index < -0.39 is 17.7 Å². The lowest BCUT2D eigenvalue weighted by Gasteiger charge is -2.15. The van der Waals surface area contributed by atoms with E-state index in [1.165, 1.54) is 24.7 Å². The molecular formula is C14H13F2N3O. The molecule has 6 heteroatoms. The fourth-order valence-corrected chi connectivity index (χ4v) is 1.80. The van der Waals surface area contributed by atoms with Crippen LogP contribution in [0, 0.1) is 18.6 Å². The van der Waals surface area contributed by atoms with Crippen molar-refractivity contribution in [2.24, 2.45) is 0 Å². The fraction of sp³-hybridized carbons (Fsp3) is 0.214. The largest absolute Gasteiger partial charge is 0.345 e. The minimum absolute atomic E-state index is 0.330.